The molecule has 5 heterocycles. The Labute approximate surface area is 228 Å². The molecule has 202 valence electrons. The number of benzene rings is 1. The molecule has 1 aromatic carbocycles. The van der Waals surface area contributed by atoms with Crippen molar-refractivity contribution in [3.8, 4) is 16.8 Å². The van der Waals surface area contributed by atoms with Crippen molar-refractivity contribution < 1.29 is 9.16 Å². The van der Waals surface area contributed by atoms with Crippen LogP contribution < -0.4 is 5.69 Å². The molecule has 0 amide bonds. The van der Waals surface area contributed by atoms with E-state index in [4.69, 9.17) is 14.1 Å². The summed E-state index contributed by atoms with van der Waals surface area (Å²) in [6, 6.07) is 15.8. The molecule has 5 aromatic rings. The maximum atomic E-state index is 14.0. The Kier molecular flexibility index (Phi) is 6.32. The van der Waals surface area contributed by atoms with Crippen molar-refractivity contribution in [1.29, 1.82) is 0 Å². The van der Waals surface area contributed by atoms with Crippen LogP contribution >= 0.6 is 0 Å². The molecule has 6 rings (SSSR count). The number of nitrogens with one attached hydrogen (secondary N) is 1. The first-order valence-electron chi connectivity index (χ1n) is 13.5. The van der Waals surface area contributed by atoms with E-state index in [0.717, 1.165) is 33.4 Å². The van der Waals surface area contributed by atoms with Crippen molar-refractivity contribution in [3.63, 3.8) is 0 Å². The van der Waals surface area contributed by atoms with Gasteiger partial charge in [0.15, 0.2) is 14.0 Å². The second kappa shape index (κ2) is 9.58. The van der Waals surface area contributed by atoms with Crippen LogP contribution in [0.5, 0.6) is 0 Å². The molecule has 4 aromatic heterocycles. The highest BCUT2D eigenvalue weighted by Crippen LogP contribution is 2.39. The minimum atomic E-state index is -2.01. The highest BCUT2D eigenvalue weighted by molar-refractivity contribution is 6.74. The summed E-state index contributed by atoms with van der Waals surface area (Å²) in [5, 5.41) is 1.12. The van der Waals surface area contributed by atoms with Crippen LogP contribution in [0.2, 0.25) is 18.1 Å². The summed E-state index contributed by atoms with van der Waals surface area (Å²) >= 11 is 0. The molecular formula is C30H35N5O3Si. The van der Waals surface area contributed by atoms with Gasteiger partial charge >= 0.3 is 5.69 Å². The Hall–Kier alpha value is -3.53. The highest BCUT2D eigenvalue weighted by atomic mass is 28.4. The van der Waals surface area contributed by atoms with Gasteiger partial charge in [-0.05, 0) is 48.5 Å². The Morgan fingerprint density at radius 3 is 2.56 bits per heavy atom. The third kappa shape index (κ3) is 4.64. The van der Waals surface area contributed by atoms with Crippen LogP contribution in [-0.2, 0) is 15.7 Å². The molecule has 1 aliphatic rings. The fourth-order valence-electron chi connectivity index (χ4n) is 5.04. The van der Waals surface area contributed by atoms with Gasteiger partial charge in [0.05, 0.1) is 30.5 Å². The number of aromatic amines is 1. The largest absolute Gasteiger partial charge is 0.411 e. The summed E-state index contributed by atoms with van der Waals surface area (Å²) in [6.45, 7) is 12.9. The average Bonchev–Trinajstić information content (AvgIpc) is 3.61. The molecule has 1 aliphatic heterocycles. The molecule has 2 atom stereocenters. The second-order valence-electron chi connectivity index (χ2n) is 12.0. The fraction of sp³-hybridized carbons (Fsp3) is 0.367. The van der Waals surface area contributed by atoms with Crippen LogP contribution in [0.15, 0.2) is 71.9 Å². The van der Waals surface area contributed by atoms with Gasteiger partial charge < -0.3 is 14.1 Å². The zero-order valence-electron chi connectivity index (χ0n) is 23.1. The summed E-state index contributed by atoms with van der Waals surface area (Å²) in [5.41, 5.74) is 4.80. The molecule has 0 spiro atoms. The van der Waals surface area contributed by atoms with Gasteiger partial charge in [0.1, 0.15) is 5.65 Å². The molecule has 1 saturated heterocycles. The van der Waals surface area contributed by atoms with Gasteiger partial charge in [-0.1, -0.05) is 39.0 Å². The highest BCUT2D eigenvalue weighted by Gasteiger charge is 2.42. The number of hydrogen-bond donors (Lipinski definition) is 1. The number of para-hydroxylation sites is 1. The van der Waals surface area contributed by atoms with Crippen molar-refractivity contribution in [2.24, 2.45) is 5.92 Å². The van der Waals surface area contributed by atoms with Gasteiger partial charge in [0, 0.05) is 47.6 Å². The lowest BCUT2D eigenvalue weighted by molar-refractivity contribution is 0.122. The predicted molar refractivity (Wildman–Crippen MR) is 157 cm³/mol. The molecule has 0 aliphatic carbocycles. The molecule has 39 heavy (non-hydrogen) atoms. The average molecular weight is 542 g/mol. The number of ether oxygens (including phenoxy) is 1. The SMILES string of the molecule is CC(C)(C)[Si](C)(C)OC1COCC1Cn1c(=O)n(-c2ccccc2)c2ncc(-c3cnc4[nH]ccc4c3)cc21. The van der Waals surface area contributed by atoms with Crippen LogP contribution in [0.4, 0.5) is 0 Å². The lowest BCUT2D eigenvalue weighted by Gasteiger charge is -2.39. The zero-order valence-corrected chi connectivity index (χ0v) is 24.1. The maximum absolute atomic E-state index is 14.0. The van der Waals surface area contributed by atoms with Gasteiger partial charge in [0.25, 0.3) is 0 Å². The van der Waals surface area contributed by atoms with Gasteiger partial charge in [-0.2, -0.15) is 0 Å². The summed E-state index contributed by atoms with van der Waals surface area (Å²) in [7, 11) is -2.01. The molecule has 0 radical (unpaired) electrons. The lowest BCUT2D eigenvalue weighted by atomic mass is 10.1. The number of imidazole rings is 1. The Balaban J connectivity index is 1.44. The first-order chi connectivity index (χ1) is 18.6. The van der Waals surface area contributed by atoms with Gasteiger partial charge in [-0.15, -0.1) is 0 Å². The standard InChI is InChI=1S/C30H35N5O3Si/c1-30(2,3)39(4,5)38-26-19-37-18-23(26)17-34-25-14-22(21-13-20-11-12-31-27(20)32-15-21)16-33-28(25)35(29(34)36)24-9-7-6-8-10-24/h6-16,23,26H,17-19H2,1-5H3,(H,31,32). The molecule has 1 N–H and O–H groups in total. The van der Waals surface area contributed by atoms with Crippen molar-refractivity contribution in [3.05, 3.63) is 77.6 Å². The van der Waals surface area contributed by atoms with E-state index in [9.17, 15) is 4.79 Å². The molecular weight excluding hydrogens is 506 g/mol. The van der Waals surface area contributed by atoms with Crippen molar-refractivity contribution in [2.45, 2.75) is 51.6 Å². The van der Waals surface area contributed by atoms with Crippen molar-refractivity contribution in [2.75, 3.05) is 13.2 Å². The molecule has 0 saturated carbocycles. The normalized spacial score (nSPS) is 18.4. The number of H-pyrrole nitrogens is 1. The smallest absolute Gasteiger partial charge is 0.334 e. The van der Waals surface area contributed by atoms with E-state index < -0.39 is 8.32 Å². The van der Waals surface area contributed by atoms with E-state index >= 15 is 0 Å². The molecule has 1 fully saturated rings. The van der Waals surface area contributed by atoms with Gasteiger partial charge in [0.2, 0.25) is 0 Å². The lowest BCUT2D eigenvalue weighted by Crippen LogP contribution is -2.46. The summed E-state index contributed by atoms with van der Waals surface area (Å²) in [6.07, 6.45) is 5.49. The number of nitrogens with zero attached hydrogens (tertiary/aromatic N) is 4. The van der Waals surface area contributed by atoms with E-state index in [1.165, 1.54) is 0 Å². The maximum Gasteiger partial charge on any atom is 0.334 e. The fourth-order valence-corrected chi connectivity index (χ4v) is 6.41. The van der Waals surface area contributed by atoms with E-state index in [-0.39, 0.29) is 22.7 Å². The number of hydrogen-bond acceptors (Lipinski definition) is 5. The summed E-state index contributed by atoms with van der Waals surface area (Å²) in [4.78, 5) is 26.5. The molecule has 8 nitrogen and oxygen atoms in total. The Bertz CT molecular complexity index is 1700. The van der Waals surface area contributed by atoms with Crippen LogP contribution in [0.25, 0.3) is 39.0 Å². The topological polar surface area (TPSA) is 87.0 Å². The van der Waals surface area contributed by atoms with Crippen molar-refractivity contribution in [1.82, 2.24) is 24.1 Å². The van der Waals surface area contributed by atoms with E-state index in [2.05, 4.69) is 56.0 Å². The minimum absolute atomic E-state index is 0.0516. The molecule has 9 heteroatoms. The number of fused-ring (bicyclic) bond motifs is 2. The van der Waals surface area contributed by atoms with Crippen LogP contribution in [0.1, 0.15) is 20.8 Å². The quantitative estimate of drug-likeness (QED) is 0.276. The Morgan fingerprint density at radius 1 is 1.05 bits per heavy atom. The van der Waals surface area contributed by atoms with E-state index in [0.29, 0.717) is 25.4 Å². The zero-order chi connectivity index (χ0) is 27.4. The minimum Gasteiger partial charge on any atom is -0.411 e. The van der Waals surface area contributed by atoms with Crippen molar-refractivity contribution >= 4 is 30.5 Å². The van der Waals surface area contributed by atoms with Crippen LogP contribution in [0.3, 0.4) is 0 Å². The number of aromatic nitrogens is 5. The first-order valence-corrected chi connectivity index (χ1v) is 16.4. The summed E-state index contributed by atoms with van der Waals surface area (Å²) in [5.74, 6) is 0.0631. The van der Waals surface area contributed by atoms with Crippen LogP contribution in [0, 0.1) is 5.92 Å². The van der Waals surface area contributed by atoms with Gasteiger partial charge in [-0.3, -0.25) is 4.57 Å². The van der Waals surface area contributed by atoms with Gasteiger partial charge in [-0.25, -0.2) is 19.3 Å². The van der Waals surface area contributed by atoms with E-state index in [1.54, 1.807) is 4.57 Å². The molecule has 2 unspecified atom stereocenters. The third-order valence-electron chi connectivity index (χ3n) is 8.33. The monoisotopic (exact) mass is 541 g/mol. The second-order valence-corrected chi connectivity index (χ2v) is 16.7. The predicted octanol–water partition coefficient (Wildman–Crippen LogP) is 5.77. The Morgan fingerprint density at radius 2 is 1.79 bits per heavy atom. The van der Waals surface area contributed by atoms with Crippen LogP contribution in [-0.4, -0.2) is 51.7 Å². The number of pyridine rings is 2. The summed E-state index contributed by atoms with van der Waals surface area (Å²) < 4.78 is 16.3. The first kappa shape index (κ1) is 25.7. The van der Waals surface area contributed by atoms with E-state index in [1.807, 2.05) is 59.6 Å². The third-order valence-corrected chi connectivity index (χ3v) is 12.8. The number of rotatable bonds is 6. The molecule has 0 bridgehead atoms.